The first kappa shape index (κ1) is 60.5. The number of aliphatic hydroxyl groups is 8. The molecule has 14 aliphatic rings. The Morgan fingerprint density at radius 2 is 1.68 bits per heavy atom. The van der Waals surface area contributed by atoms with Gasteiger partial charge in [-0.2, -0.15) is 0 Å². The average molecular weight is 1200 g/mol. The van der Waals surface area contributed by atoms with E-state index in [-0.39, 0.29) is 85.8 Å². The molecular formula is C67H96N2O13S2. The van der Waals surface area contributed by atoms with Crippen LogP contribution < -0.4 is 10.2 Å². The van der Waals surface area contributed by atoms with E-state index in [0.29, 0.717) is 81.5 Å². The molecule has 8 fully saturated rings. The highest BCUT2D eigenvalue weighted by Crippen LogP contribution is 2.79. The van der Waals surface area contributed by atoms with Gasteiger partial charge >= 0.3 is 0 Å². The Morgan fingerprint density at radius 1 is 0.905 bits per heavy atom. The maximum Gasteiger partial charge on any atom is 0.235 e. The van der Waals surface area contributed by atoms with Crippen LogP contribution in [0.4, 0.5) is 5.69 Å². The summed E-state index contributed by atoms with van der Waals surface area (Å²) in [6.45, 7) is 8.63. The number of allylic oxidation sites excluding steroid dienone is 3. The molecule has 15 rings (SSSR count). The van der Waals surface area contributed by atoms with Crippen LogP contribution in [-0.4, -0.2) is 156 Å². The van der Waals surface area contributed by atoms with E-state index in [9.17, 15) is 46.0 Å². The first-order valence-electron chi connectivity index (χ1n) is 32.4. The van der Waals surface area contributed by atoms with Crippen molar-refractivity contribution in [3.05, 3.63) is 59.7 Å². The molecule has 1 aromatic carbocycles. The van der Waals surface area contributed by atoms with Crippen molar-refractivity contribution in [2.75, 3.05) is 50.7 Å². The number of carbonyl (C=O) groups is 2. The predicted molar refractivity (Wildman–Crippen MR) is 322 cm³/mol. The Bertz CT molecular complexity index is 2850. The molecule has 21 unspecified atom stereocenters. The van der Waals surface area contributed by atoms with E-state index in [1.807, 2.05) is 24.0 Å². The zero-order chi connectivity index (χ0) is 59.4. The molecule has 6 saturated carbocycles. The van der Waals surface area contributed by atoms with Gasteiger partial charge in [0.1, 0.15) is 28.5 Å². The molecule has 15 nitrogen and oxygen atoms in total. The lowest BCUT2D eigenvalue weighted by Crippen LogP contribution is -2.72. The molecule has 464 valence electrons. The van der Waals surface area contributed by atoms with Gasteiger partial charge in [0.2, 0.25) is 5.91 Å². The Hall–Kier alpha value is -2.36. The summed E-state index contributed by atoms with van der Waals surface area (Å²) in [6.07, 6.45) is 17.9. The van der Waals surface area contributed by atoms with Gasteiger partial charge in [-0.15, -0.1) is 0 Å². The Morgan fingerprint density at radius 3 is 2.42 bits per heavy atom. The van der Waals surface area contributed by atoms with Gasteiger partial charge in [-0.3, -0.25) is 9.59 Å². The maximum atomic E-state index is 16.9. The van der Waals surface area contributed by atoms with Gasteiger partial charge in [-0.1, -0.05) is 99.3 Å². The van der Waals surface area contributed by atoms with E-state index >= 15 is 9.59 Å². The van der Waals surface area contributed by atoms with Gasteiger partial charge in [0.05, 0.1) is 48.0 Å². The molecule has 9 aliphatic carbocycles. The number of rotatable bonds is 12. The fourth-order valence-electron chi connectivity index (χ4n) is 22.4. The number of ketones is 1. The van der Waals surface area contributed by atoms with Crippen LogP contribution in [0.25, 0.3) is 0 Å². The summed E-state index contributed by atoms with van der Waals surface area (Å²) in [5.74, 6) is -2.45. The van der Waals surface area contributed by atoms with Gasteiger partial charge in [0.15, 0.2) is 5.78 Å². The van der Waals surface area contributed by atoms with E-state index in [1.54, 1.807) is 25.3 Å². The zero-order valence-electron chi connectivity index (χ0n) is 50.2. The molecule has 0 aromatic heterocycles. The summed E-state index contributed by atoms with van der Waals surface area (Å²) >= 11 is 0. The number of phenolic OH excluding ortho intramolecular Hbond substituents is 1. The van der Waals surface area contributed by atoms with Crippen molar-refractivity contribution in [2.24, 2.45) is 79.8 Å². The lowest BCUT2D eigenvalue weighted by molar-refractivity contribution is -0.235. The molecule has 1 aromatic rings. The smallest absolute Gasteiger partial charge is 0.235 e. The summed E-state index contributed by atoms with van der Waals surface area (Å²) in [5.41, 5.74) is -12.7. The van der Waals surface area contributed by atoms with Gasteiger partial charge < -0.3 is 65.6 Å². The van der Waals surface area contributed by atoms with Gasteiger partial charge in [-0.25, -0.2) is 0 Å². The normalized spacial score (nSPS) is 48.4. The van der Waals surface area contributed by atoms with Gasteiger partial charge in [-0.05, 0) is 172 Å². The number of hydrogen-bond donors (Lipinski definition) is 10. The molecule has 5 aliphatic heterocycles. The Labute approximate surface area is 504 Å². The van der Waals surface area contributed by atoms with Crippen molar-refractivity contribution < 1.29 is 65.0 Å². The van der Waals surface area contributed by atoms with Gasteiger partial charge in [0.25, 0.3) is 0 Å². The van der Waals surface area contributed by atoms with Gasteiger partial charge in [0, 0.05) is 72.0 Å². The number of phenols is 1. The molecule has 1 amide bonds. The number of anilines is 1. The minimum Gasteiger partial charge on any atom is -0.508 e. The molecule has 10 N–H and O–H groups in total. The highest BCUT2D eigenvalue weighted by molar-refractivity contribution is 8.76. The number of aromatic hydroxyl groups is 1. The minimum atomic E-state index is -2.04. The van der Waals surface area contributed by atoms with Crippen LogP contribution in [0.2, 0.25) is 0 Å². The van der Waals surface area contributed by atoms with Crippen molar-refractivity contribution in [2.45, 2.75) is 202 Å². The van der Waals surface area contributed by atoms with E-state index in [0.717, 1.165) is 54.9 Å². The topological polar surface area (TPSA) is 253 Å². The number of benzene rings is 1. The number of epoxide rings is 1. The third-order valence-electron chi connectivity index (χ3n) is 26.7. The lowest BCUT2D eigenvalue weighted by Gasteiger charge is -2.68. The highest BCUT2D eigenvalue weighted by Gasteiger charge is 2.83. The van der Waals surface area contributed by atoms with Crippen molar-refractivity contribution in [3.8, 4) is 5.75 Å². The van der Waals surface area contributed by atoms with Crippen LogP contribution >= 0.6 is 21.6 Å². The van der Waals surface area contributed by atoms with Crippen LogP contribution in [0.3, 0.4) is 0 Å². The number of aliphatic hydroxyl groups excluding tert-OH is 5. The third-order valence-corrected chi connectivity index (χ3v) is 29.4. The van der Waals surface area contributed by atoms with Crippen LogP contribution in [0.5, 0.6) is 5.75 Å². The van der Waals surface area contributed by atoms with E-state index < -0.39 is 109 Å². The van der Waals surface area contributed by atoms with E-state index in [1.165, 1.54) is 17.2 Å². The summed E-state index contributed by atoms with van der Waals surface area (Å²) in [7, 11) is 4.23. The fourth-order valence-corrected chi connectivity index (χ4v) is 25.4. The van der Waals surface area contributed by atoms with Crippen molar-refractivity contribution in [3.63, 3.8) is 0 Å². The van der Waals surface area contributed by atoms with E-state index in [4.69, 9.17) is 9.47 Å². The Balaban J connectivity index is 0.971. The molecule has 8 bridgehead atoms. The second kappa shape index (κ2) is 21.1. The van der Waals surface area contributed by atoms with Crippen LogP contribution in [0.15, 0.2) is 54.2 Å². The molecule has 5 heterocycles. The number of fused-ring (bicyclic) bond motifs is 1. The average Bonchev–Trinajstić information content (AvgIpc) is 1.45. The predicted octanol–water partition coefficient (Wildman–Crippen LogP) is 7.32. The highest BCUT2D eigenvalue weighted by atomic mass is 33.1. The first-order chi connectivity index (χ1) is 40.0. The molecule has 21 atom stereocenters. The molecular weight excluding hydrogens is 1100 g/mol. The number of amides is 1. The van der Waals surface area contributed by atoms with Crippen molar-refractivity contribution >= 4 is 39.0 Å². The second-order valence-corrected chi connectivity index (χ2v) is 32.6. The van der Waals surface area contributed by atoms with Crippen LogP contribution in [0.1, 0.15) is 149 Å². The second-order valence-electron chi connectivity index (χ2n) is 30.1. The van der Waals surface area contributed by atoms with Crippen molar-refractivity contribution in [1.29, 1.82) is 0 Å². The number of nitrogens with zero attached hydrogens (tertiary/aromatic N) is 1. The summed E-state index contributed by atoms with van der Waals surface area (Å²) in [5, 5.41) is 119. The molecule has 2 saturated heterocycles. The monoisotopic (exact) mass is 1200 g/mol. The SMILES string of the molecule is COCCCC1(NCC2CC3C=CC4(CO)CCCC5CSSC(O)C67CC(O)C(O)(CO)CC6(C)C6CC8C=CCC(O)(C9OC9C(C)C(C)C)C9CCC(O)(C6=CC7=O)C89CCc6cc(O)cc(c6)N6CC3(C2O)C54C6=O)CCCCC1. The number of carbonyl (C=O) groups excluding carboxylic acids is 2. The molecule has 84 heavy (non-hydrogen) atoms. The quantitative estimate of drug-likeness (QED) is 0.0426. The fraction of sp³-hybridized carbons (Fsp3) is 0.791. The summed E-state index contributed by atoms with van der Waals surface area (Å²) in [6, 6.07) is 5.37. The van der Waals surface area contributed by atoms with Crippen LogP contribution in [0, 0.1) is 79.8 Å². The minimum absolute atomic E-state index is 0.0371. The third kappa shape index (κ3) is 8.03. The first-order valence-corrected chi connectivity index (χ1v) is 34.8. The largest absolute Gasteiger partial charge is 0.508 e. The standard InChI is InChI=1S/C67H96N2O13S2/c1-39(2)40(3)53-55(82-53)65(79)21-10-12-43-29-48-49-31-51(73)63(32-52(74)61(78,38-71)35-58(48,63)4)57(77)84-83-34-45-13-9-17-59(37-70)22-15-44-28-42(33-68-60(20-11-25-81-5)18-7-6-8-19-60)54(75)64(44)36-69(56(76)67(45,59)64)46-26-41(27-47(72)30-46)14-23-62(43)50(65)16-24-66(49,62)80/h10,12,15,22,26-27,30-31,39-40,42-45,48,50,52-55,57,68,70-72,74-75,77-80H,6-9,11,13-14,16-21,23-25,28-29,32-38H2,1-5H3. The number of methoxy groups -OCH3 is 1. The summed E-state index contributed by atoms with van der Waals surface area (Å²) in [4.78, 5) is 34.7. The molecule has 0 radical (unpaired) electrons. The van der Waals surface area contributed by atoms with Crippen molar-refractivity contribution in [1.82, 2.24) is 5.32 Å². The maximum absolute atomic E-state index is 16.9. The molecule has 4 spiro atoms. The number of hydrogen-bond acceptors (Lipinski definition) is 16. The number of ether oxygens (including phenoxy) is 2. The Kier molecular flexibility index (Phi) is 15.2. The number of nitrogens with one attached hydrogen (secondary N) is 1. The van der Waals surface area contributed by atoms with Crippen LogP contribution in [-0.2, 0) is 25.5 Å². The molecule has 17 heteroatoms. The lowest BCUT2D eigenvalue weighted by atomic mass is 9.38. The number of aryl methyl sites for hydroxylation is 1. The zero-order valence-corrected chi connectivity index (χ0v) is 51.9. The van der Waals surface area contributed by atoms with E-state index in [2.05, 4.69) is 44.3 Å². The summed E-state index contributed by atoms with van der Waals surface area (Å²) < 4.78 is 12.1.